The molecule has 1 unspecified atom stereocenters. The van der Waals surface area contributed by atoms with Gasteiger partial charge in [-0.2, -0.15) is 0 Å². The highest BCUT2D eigenvalue weighted by Crippen LogP contribution is 2.20. The van der Waals surface area contributed by atoms with E-state index in [0.717, 1.165) is 38.1 Å². The minimum Gasteiger partial charge on any atom is -0.354 e. The van der Waals surface area contributed by atoms with Gasteiger partial charge in [0.15, 0.2) is 11.6 Å². The largest absolute Gasteiger partial charge is 0.354 e. The van der Waals surface area contributed by atoms with Crippen molar-refractivity contribution in [3.05, 3.63) is 53.9 Å². The Morgan fingerprint density at radius 1 is 1.21 bits per heavy atom. The molecule has 1 atom stereocenters. The molecule has 0 radical (unpaired) electrons. The average Bonchev–Trinajstić information content (AvgIpc) is 2.58. The zero-order valence-electron chi connectivity index (χ0n) is 13.4. The van der Waals surface area contributed by atoms with E-state index in [4.69, 9.17) is 0 Å². The second-order valence-electron chi connectivity index (χ2n) is 6.18. The molecule has 3 rings (SSSR count). The number of piperidine rings is 1. The number of likely N-dealkylation sites (tertiary alicyclic amines) is 1. The van der Waals surface area contributed by atoms with Crippen LogP contribution < -0.4 is 5.32 Å². The number of benzene rings is 1. The summed E-state index contributed by atoms with van der Waals surface area (Å²) < 4.78 is 26.1. The third-order valence-corrected chi connectivity index (χ3v) is 4.14. The number of halogens is 2. The molecule has 126 valence electrons. The quantitative estimate of drug-likeness (QED) is 0.925. The molecule has 0 spiro atoms. The lowest BCUT2D eigenvalue weighted by atomic mass is 10.00. The highest BCUT2D eigenvalue weighted by atomic mass is 19.2. The summed E-state index contributed by atoms with van der Waals surface area (Å²) in [6.45, 7) is 3.66. The predicted octanol–water partition coefficient (Wildman–Crippen LogP) is 3.98. The number of aromatic nitrogens is 1. The van der Waals surface area contributed by atoms with Crippen LogP contribution in [0.4, 0.5) is 20.2 Å². The number of hydrogen-bond donors (Lipinski definition) is 1. The molecule has 0 aliphatic carbocycles. The standard InChI is InChI=1S/C18H19F2N3O/c1-12-3-2-8-23(11-12)18(24)17-7-5-14(10-21-17)22-13-4-6-15(19)16(20)9-13/h4-7,9-10,12,22H,2-3,8,11H2,1H3. The molecule has 4 nitrogen and oxygen atoms in total. The van der Waals surface area contributed by atoms with Crippen LogP contribution in [0.3, 0.4) is 0 Å². The molecule has 1 saturated heterocycles. The fourth-order valence-electron chi connectivity index (χ4n) is 2.87. The Labute approximate surface area is 139 Å². The van der Waals surface area contributed by atoms with E-state index in [1.807, 2.05) is 4.90 Å². The van der Waals surface area contributed by atoms with Gasteiger partial charge < -0.3 is 10.2 Å². The summed E-state index contributed by atoms with van der Waals surface area (Å²) in [5.41, 5.74) is 1.41. The SMILES string of the molecule is CC1CCCN(C(=O)c2ccc(Nc3ccc(F)c(F)c3)cn2)C1. The van der Waals surface area contributed by atoms with Gasteiger partial charge in [-0.05, 0) is 43.0 Å². The maximum Gasteiger partial charge on any atom is 0.272 e. The Kier molecular flexibility index (Phi) is 4.74. The van der Waals surface area contributed by atoms with Gasteiger partial charge >= 0.3 is 0 Å². The van der Waals surface area contributed by atoms with E-state index in [2.05, 4.69) is 17.2 Å². The van der Waals surface area contributed by atoms with Crippen LogP contribution in [0.15, 0.2) is 36.5 Å². The van der Waals surface area contributed by atoms with E-state index in [1.165, 1.54) is 12.3 Å². The van der Waals surface area contributed by atoms with Crippen LogP contribution in [0.5, 0.6) is 0 Å². The van der Waals surface area contributed by atoms with Crippen molar-refractivity contribution in [1.29, 1.82) is 0 Å². The monoisotopic (exact) mass is 331 g/mol. The molecule has 1 N–H and O–H groups in total. The van der Waals surface area contributed by atoms with E-state index in [0.29, 0.717) is 23.0 Å². The normalized spacial score (nSPS) is 17.6. The topological polar surface area (TPSA) is 45.2 Å². The first kappa shape index (κ1) is 16.4. The van der Waals surface area contributed by atoms with Crippen molar-refractivity contribution in [2.45, 2.75) is 19.8 Å². The molecule has 0 saturated carbocycles. The summed E-state index contributed by atoms with van der Waals surface area (Å²) in [4.78, 5) is 18.5. The number of amides is 1. The number of pyridine rings is 1. The lowest BCUT2D eigenvalue weighted by molar-refractivity contribution is 0.0677. The van der Waals surface area contributed by atoms with E-state index in [9.17, 15) is 13.6 Å². The van der Waals surface area contributed by atoms with Gasteiger partial charge in [-0.15, -0.1) is 0 Å². The number of nitrogens with zero attached hydrogens (tertiary/aromatic N) is 2. The molecule has 1 aromatic heterocycles. The van der Waals surface area contributed by atoms with E-state index < -0.39 is 11.6 Å². The molecule has 6 heteroatoms. The van der Waals surface area contributed by atoms with Crippen molar-refractivity contribution in [2.24, 2.45) is 5.92 Å². The molecule has 1 amide bonds. The maximum absolute atomic E-state index is 13.2. The van der Waals surface area contributed by atoms with Crippen molar-refractivity contribution in [1.82, 2.24) is 9.88 Å². The fourth-order valence-corrected chi connectivity index (χ4v) is 2.87. The first-order chi connectivity index (χ1) is 11.5. The molecular weight excluding hydrogens is 312 g/mol. The van der Waals surface area contributed by atoms with Gasteiger partial charge in [0.05, 0.1) is 11.9 Å². The Balaban J connectivity index is 1.68. The Hall–Kier alpha value is -2.50. The van der Waals surface area contributed by atoms with E-state index in [1.54, 1.807) is 12.1 Å². The summed E-state index contributed by atoms with van der Waals surface area (Å²) in [5, 5.41) is 2.93. The molecule has 2 aromatic rings. The smallest absolute Gasteiger partial charge is 0.272 e. The molecular formula is C18H19F2N3O. The van der Waals surface area contributed by atoms with Gasteiger partial charge in [0.2, 0.25) is 0 Å². The number of carbonyl (C=O) groups excluding carboxylic acids is 1. The first-order valence-electron chi connectivity index (χ1n) is 8.00. The molecule has 1 aliphatic heterocycles. The van der Waals surface area contributed by atoms with Gasteiger partial charge in [0.1, 0.15) is 5.69 Å². The zero-order chi connectivity index (χ0) is 17.1. The summed E-state index contributed by atoms with van der Waals surface area (Å²) in [7, 11) is 0. The minimum atomic E-state index is -0.918. The number of rotatable bonds is 3. The second kappa shape index (κ2) is 6.95. The third-order valence-electron chi connectivity index (χ3n) is 4.14. The fraction of sp³-hybridized carbons (Fsp3) is 0.333. The summed E-state index contributed by atoms with van der Waals surface area (Å²) in [6, 6.07) is 6.91. The number of hydrogen-bond acceptors (Lipinski definition) is 3. The molecule has 2 heterocycles. The van der Waals surface area contributed by atoms with Crippen molar-refractivity contribution in [3.63, 3.8) is 0 Å². The van der Waals surface area contributed by atoms with Crippen molar-refractivity contribution in [2.75, 3.05) is 18.4 Å². The molecule has 0 bridgehead atoms. The molecule has 1 aliphatic rings. The second-order valence-corrected chi connectivity index (χ2v) is 6.18. The lowest BCUT2D eigenvalue weighted by Crippen LogP contribution is -2.39. The predicted molar refractivity (Wildman–Crippen MR) is 88.2 cm³/mol. The van der Waals surface area contributed by atoms with Crippen LogP contribution in [0.2, 0.25) is 0 Å². The van der Waals surface area contributed by atoms with Crippen LogP contribution in [0.25, 0.3) is 0 Å². The zero-order valence-corrected chi connectivity index (χ0v) is 13.4. The van der Waals surface area contributed by atoms with Crippen LogP contribution in [0, 0.1) is 17.6 Å². The number of nitrogens with one attached hydrogen (secondary N) is 1. The number of anilines is 2. The molecule has 1 fully saturated rings. The van der Waals surface area contributed by atoms with Crippen LogP contribution in [0.1, 0.15) is 30.3 Å². The third kappa shape index (κ3) is 3.69. The Morgan fingerprint density at radius 2 is 2.00 bits per heavy atom. The number of carbonyl (C=O) groups is 1. The highest BCUT2D eigenvalue weighted by Gasteiger charge is 2.22. The van der Waals surface area contributed by atoms with Crippen molar-refractivity contribution in [3.8, 4) is 0 Å². The lowest BCUT2D eigenvalue weighted by Gasteiger charge is -2.30. The minimum absolute atomic E-state index is 0.0686. The summed E-state index contributed by atoms with van der Waals surface area (Å²) in [5.74, 6) is -1.37. The van der Waals surface area contributed by atoms with Crippen molar-refractivity contribution >= 4 is 17.3 Å². The van der Waals surface area contributed by atoms with E-state index in [-0.39, 0.29) is 5.91 Å². The van der Waals surface area contributed by atoms with Gasteiger partial charge in [-0.3, -0.25) is 4.79 Å². The summed E-state index contributed by atoms with van der Waals surface area (Å²) >= 11 is 0. The Bertz CT molecular complexity index is 734. The van der Waals surface area contributed by atoms with Crippen molar-refractivity contribution < 1.29 is 13.6 Å². The van der Waals surface area contributed by atoms with Gasteiger partial charge in [-0.25, -0.2) is 13.8 Å². The summed E-state index contributed by atoms with van der Waals surface area (Å²) in [6.07, 6.45) is 3.68. The van der Waals surface area contributed by atoms with Crippen LogP contribution >= 0.6 is 0 Å². The Morgan fingerprint density at radius 3 is 2.67 bits per heavy atom. The van der Waals surface area contributed by atoms with E-state index >= 15 is 0 Å². The molecule has 24 heavy (non-hydrogen) atoms. The first-order valence-corrected chi connectivity index (χ1v) is 8.00. The van der Waals surface area contributed by atoms with Crippen LogP contribution in [-0.4, -0.2) is 28.9 Å². The van der Waals surface area contributed by atoms with Gasteiger partial charge in [0, 0.05) is 24.8 Å². The highest BCUT2D eigenvalue weighted by molar-refractivity contribution is 5.92. The average molecular weight is 331 g/mol. The van der Waals surface area contributed by atoms with Gasteiger partial charge in [0.25, 0.3) is 5.91 Å². The molecule has 1 aromatic carbocycles. The van der Waals surface area contributed by atoms with Gasteiger partial charge in [-0.1, -0.05) is 6.92 Å². The van der Waals surface area contributed by atoms with Crippen LogP contribution in [-0.2, 0) is 0 Å². The maximum atomic E-state index is 13.2.